The number of aromatic nitrogens is 1. The van der Waals surface area contributed by atoms with Crippen LogP contribution < -0.4 is 15.0 Å². The monoisotopic (exact) mass is 277 g/mol. The van der Waals surface area contributed by atoms with Gasteiger partial charge in [-0.1, -0.05) is 19.8 Å². The van der Waals surface area contributed by atoms with Gasteiger partial charge in [0.15, 0.2) is 0 Å². The quantitative estimate of drug-likeness (QED) is 0.854. The molecule has 2 rings (SSSR count). The van der Waals surface area contributed by atoms with Crippen molar-refractivity contribution in [2.75, 3.05) is 31.4 Å². The molecule has 1 aliphatic rings. The van der Waals surface area contributed by atoms with Crippen LogP contribution >= 0.6 is 0 Å². The van der Waals surface area contributed by atoms with Gasteiger partial charge >= 0.3 is 0 Å². The summed E-state index contributed by atoms with van der Waals surface area (Å²) in [6.45, 7) is 2.36. The Labute approximate surface area is 122 Å². The lowest BCUT2D eigenvalue weighted by molar-refractivity contribution is 0.399. The Balaban J connectivity index is 2.18. The van der Waals surface area contributed by atoms with Gasteiger partial charge in [0.25, 0.3) is 0 Å². The second-order valence-corrected chi connectivity index (χ2v) is 6.06. The Morgan fingerprint density at radius 1 is 1.25 bits per heavy atom. The number of hydrogen-bond acceptors (Lipinski definition) is 4. The third-order valence-corrected chi connectivity index (χ3v) is 4.18. The number of hydrogen-bond donors (Lipinski definition) is 1. The maximum atomic E-state index is 5.43. The van der Waals surface area contributed by atoms with E-state index in [0.717, 1.165) is 17.3 Å². The van der Waals surface area contributed by atoms with E-state index in [2.05, 4.69) is 36.2 Å². The summed E-state index contributed by atoms with van der Waals surface area (Å²) in [5.41, 5.74) is 2.16. The fraction of sp³-hybridized carbons (Fsp3) is 0.688. The number of ether oxygens (including phenoxy) is 1. The zero-order valence-electron chi connectivity index (χ0n) is 13.1. The van der Waals surface area contributed by atoms with Crippen LogP contribution in [0.2, 0.25) is 0 Å². The highest BCUT2D eigenvalue weighted by Crippen LogP contribution is 2.34. The van der Waals surface area contributed by atoms with Crippen LogP contribution in [0.4, 0.5) is 11.4 Å². The van der Waals surface area contributed by atoms with Gasteiger partial charge in [-0.05, 0) is 31.2 Å². The van der Waals surface area contributed by atoms with Crippen molar-refractivity contribution in [2.45, 2.75) is 45.1 Å². The largest absolute Gasteiger partial charge is 0.479 e. The molecule has 1 heterocycles. The van der Waals surface area contributed by atoms with Gasteiger partial charge in [-0.2, -0.15) is 0 Å². The molecule has 4 nitrogen and oxygen atoms in total. The van der Waals surface area contributed by atoms with Gasteiger partial charge in [-0.25, -0.2) is 4.98 Å². The van der Waals surface area contributed by atoms with Gasteiger partial charge in [0.05, 0.1) is 12.8 Å². The van der Waals surface area contributed by atoms with Gasteiger partial charge in [-0.3, -0.25) is 0 Å². The fourth-order valence-corrected chi connectivity index (χ4v) is 2.93. The minimum atomic E-state index is 0.525. The molecular formula is C16H27N3O. The molecule has 0 spiro atoms. The van der Waals surface area contributed by atoms with Crippen LogP contribution in [0.15, 0.2) is 12.3 Å². The molecule has 1 aliphatic carbocycles. The van der Waals surface area contributed by atoms with E-state index < -0.39 is 0 Å². The van der Waals surface area contributed by atoms with Crippen LogP contribution in [0, 0.1) is 5.92 Å². The van der Waals surface area contributed by atoms with E-state index in [4.69, 9.17) is 4.74 Å². The zero-order valence-corrected chi connectivity index (χ0v) is 13.1. The van der Waals surface area contributed by atoms with E-state index in [0.29, 0.717) is 11.9 Å². The van der Waals surface area contributed by atoms with Gasteiger partial charge in [0.2, 0.25) is 5.88 Å². The summed E-state index contributed by atoms with van der Waals surface area (Å²) < 4.78 is 5.43. The van der Waals surface area contributed by atoms with Gasteiger partial charge in [0, 0.05) is 26.3 Å². The van der Waals surface area contributed by atoms with E-state index in [9.17, 15) is 0 Å². The molecule has 4 heteroatoms. The molecule has 2 unspecified atom stereocenters. The van der Waals surface area contributed by atoms with E-state index in [1.54, 1.807) is 13.3 Å². The molecule has 112 valence electrons. The molecule has 20 heavy (non-hydrogen) atoms. The minimum absolute atomic E-state index is 0.525. The van der Waals surface area contributed by atoms with Crippen LogP contribution in [0.1, 0.15) is 39.0 Å². The highest BCUT2D eigenvalue weighted by Gasteiger charge is 2.20. The Bertz CT molecular complexity index is 434. The third kappa shape index (κ3) is 3.56. The number of pyridine rings is 1. The molecule has 0 amide bonds. The SMILES string of the molecule is COc1nccc(N(C)C)c1NC1CCCC(C)CC1. The number of anilines is 2. The van der Waals surface area contributed by atoms with Crippen LogP contribution in [0.5, 0.6) is 5.88 Å². The van der Waals surface area contributed by atoms with Crippen LogP contribution in [-0.2, 0) is 0 Å². The van der Waals surface area contributed by atoms with Crippen molar-refractivity contribution < 1.29 is 4.74 Å². The molecular weight excluding hydrogens is 250 g/mol. The first kappa shape index (κ1) is 14.9. The third-order valence-electron chi connectivity index (χ3n) is 4.18. The van der Waals surface area contributed by atoms with Gasteiger partial charge in [0.1, 0.15) is 5.69 Å². The average Bonchev–Trinajstić information content (AvgIpc) is 2.63. The summed E-state index contributed by atoms with van der Waals surface area (Å²) in [7, 11) is 5.78. The molecule has 0 aliphatic heterocycles. The Morgan fingerprint density at radius 3 is 2.75 bits per heavy atom. The smallest absolute Gasteiger partial charge is 0.239 e. The topological polar surface area (TPSA) is 37.4 Å². The van der Waals surface area contributed by atoms with Gasteiger partial charge < -0.3 is 15.0 Å². The molecule has 1 N–H and O–H groups in total. The summed E-state index contributed by atoms with van der Waals surface area (Å²) in [6, 6.07) is 2.56. The number of rotatable bonds is 4. The predicted octanol–water partition coefficient (Wildman–Crippen LogP) is 3.54. The van der Waals surface area contributed by atoms with Crippen molar-refractivity contribution in [1.29, 1.82) is 0 Å². The minimum Gasteiger partial charge on any atom is -0.479 e. The first-order valence-electron chi connectivity index (χ1n) is 7.58. The highest BCUT2D eigenvalue weighted by atomic mass is 16.5. The Morgan fingerprint density at radius 2 is 2.05 bits per heavy atom. The average molecular weight is 277 g/mol. The van der Waals surface area contributed by atoms with E-state index in [1.807, 2.05) is 6.07 Å². The van der Waals surface area contributed by atoms with Crippen molar-refractivity contribution in [3.05, 3.63) is 12.3 Å². The first-order chi connectivity index (χ1) is 9.61. The van der Waals surface area contributed by atoms with Crippen molar-refractivity contribution in [1.82, 2.24) is 4.98 Å². The van der Waals surface area contributed by atoms with E-state index >= 15 is 0 Å². The van der Waals surface area contributed by atoms with Crippen molar-refractivity contribution in [3.63, 3.8) is 0 Å². The number of nitrogens with one attached hydrogen (secondary N) is 1. The summed E-state index contributed by atoms with van der Waals surface area (Å²) >= 11 is 0. The van der Waals surface area contributed by atoms with E-state index in [-0.39, 0.29) is 0 Å². The molecule has 0 aromatic carbocycles. The number of methoxy groups -OCH3 is 1. The van der Waals surface area contributed by atoms with Crippen molar-refractivity contribution >= 4 is 11.4 Å². The first-order valence-corrected chi connectivity index (χ1v) is 7.58. The summed E-state index contributed by atoms with van der Waals surface area (Å²) in [5, 5.41) is 3.68. The number of nitrogens with zero attached hydrogens (tertiary/aromatic N) is 2. The second kappa shape index (κ2) is 6.82. The fourth-order valence-electron chi connectivity index (χ4n) is 2.93. The molecule has 0 bridgehead atoms. The molecule has 2 atom stereocenters. The normalized spacial score (nSPS) is 23.0. The zero-order chi connectivity index (χ0) is 14.5. The molecule has 1 fully saturated rings. The Kier molecular flexibility index (Phi) is 5.10. The maximum Gasteiger partial charge on any atom is 0.239 e. The summed E-state index contributed by atoms with van der Waals surface area (Å²) in [5.74, 6) is 1.54. The molecule has 1 aromatic heterocycles. The highest BCUT2D eigenvalue weighted by molar-refractivity contribution is 5.74. The van der Waals surface area contributed by atoms with Crippen molar-refractivity contribution in [3.8, 4) is 5.88 Å². The maximum absolute atomic E-state index is 5.43. The molecule has 1 aromatic rings. The lowest BCUT2D eigenvalue weighted by Gasteiger charge is -2.24. The molecule has 0 saturated heterocycles. The van der Waals surface area contributed by atoms with Crippen LogP contribution in [0.3, 0.4) is 0 Å². The predicted molar refractivity (Wildman–Crippen MR) is 84.8 cm³/mol. The standard InChI is InChI=1S/C16H27N3O/c1-12-6-5-7-13(9-8-12)18-15-14(19(2)3)10-11-17-16(15)20-4/h10-13,18H,5-9H2,1-4H3. The molecule has 1 saturated carbocycles. The van der Waals surface area contributed by atoms with E-state index in [1.165, 1.54) is 32.1 Å². The lowest BCUT2D eigenvalue weighted by atomic mass is 10.0. The molecule has 0 radical (unpaired) electrons. The lowest BCUT2D eigenvalue weighted by Crippen LogP contribution is -2.22. The van der Waals surface area contributed by atoms with Crippen LogP contribution in [0.25, 0.3) is 0 Å². The van der Waals surface area contributed by atoms with Crippen LogP contribution in [-0.4, -0.2) is 32.2 Å². The summed E-state index contributed by atoms with van der Waals surface area (Å²) in [4.78, 5) is 6.44. The summed E-state index contributed by atoms with van der Waals surface area (Å²) in [6.07, 6.45) is 8.22. The second-order valence-electron chi connectivity index (χ2n) is 6.06. The van der Waals surface area contributed by atoms with Crippen molar-refractivity contribution in [2.24, 2.45) is 5.92 Å². The van der Waals surface area contributed by atoms with Gasteiger partial charge in [-0.15, -0.1) is 0 Å². The Hall–Kier alpha value is -1.45.